The lowest BCUT2D eigenvalue weighted by molar-refractivity contribution is -0.117. The first-order valence-electron chi connectivity index (χ1n) is 9.00. The van der Waals surface area contributed by atoms with E-state index in [0.29, 0.717) is 16.9 Å². The van der Waals surface area contributed by atoms with Crippen LogP contribution in [0.25, 0.3) is 16.8 Å². The van der Waals surface area contributed by atoms with E-state index in [-0.39, 0.29) is 18.0 Å². The maximum absolute atomic E-state index is 12.7. The van der Waals surface area contributed by atoms with Crippen LogP contribution in [0.15, 0.2) is 65.7 Å². The lowest BCUT2D eigenvalue weighted by Crippen LogP contribution is -2.30. The van der Waals surface area contributed by atoms with Gasteiger partial charge in [-0.3, -0.25) is 9.59 Å². The maximum atomic E-state index is 12.7. The number of carbonyl (C=O) groups is 1. The fourth-order valence-corrected chi connectivity index (χ4v) is 2.93. The molecule has 0 atom stereocenters. The quantitative estimate of drug-likeness (QED) is 0.566. The molecule has 0 aliphatic heterocycles. The summed E-state index contributed by atoms with van der Waals surface area (Å²) in [6.45, 7) is 1.78. The summed E-state index contributed by atoms with van der Waals surface area (Å²) in [7, 11) is 1.60. The Hall–Kier alpha value is -3.94. The normalized spacial score (nSPS) is 10.8. The molecule has 0 aliphatic carbocycles. The minimum absolute atomic E-state index is 0.188. The zero-order chi connectivity index (χ0) is 20.4. The predicted octanol–water partition coefficient (Wildman–Crippen LogP) is 2.51. The summed E-state index contributed by atoms with van der Waals surface area (Å²) in [5.41, 5.74) is 3.19. The number of aryl methyl sites for hydroxylation is 1. The van der Waals surface area contributed by atoms with Gasteiger partial charge in [-0.2, -0.15) is 10.2 Å². The Morgan fingerprint density at radius 2 is 1.83 bits per heavy atom. The first-order valence-corrected chi connectivity index (χ1v) is 9.00. The molecule has 146 valence electrons. The van der Waals surface area contributed by atoms with Gasteiger partial charge in [-0.15, -0.1) is 0 Å². The monoisotopic (exact) mass is 389 g/mol. The van der Waals surface area contributed by atoms with Crippen molar-refractivity contribution in [1.82, 2.24) is 19.4 Å². The molecule has 29 heavy (non-hydrogen) atoms. The Balaban J connectivity index is 1.57. The molecule has 0 saturated carbocycles. The second-order valence-corrected chi connectivity index (χ2v) is 6.60. The number of hydrogen-bond acceptors (Lipinski definition) is 5. The summed E-state index contributed by atoms with van der Waals surface area (Å²) in [6, 6.07) is 16.5. The average molecular weight is 389 g/mol. The van der Waals surface area contributed by atoms with E-state index in [2.05, 4.69) is 15.5 Å². The van der Waals surface area contributed by atoms with Crippen molar-refractivity contribution < 1.29 is 9.53 Å². The number of fused-ring (bicyclic) bond motifs is 1. The van der Waals surface area contributed by atoms with E-state index in [4.69, 9.17) is 4.74 Å². The molecule has 8 heteroatoms. The molecule has 2 aromatic carbocycles. The van der Waals surface area contributed by atoms with E-state index < -0.39 is 0 Å². The van der Waals surface area contributed by atoms with Crippen LogP contribution < -0.4 is 15.6 Å². The third-order valence-electron chi connectivity index (χ3n) is 4.50. The predicted molar refractivity (Wildman–Crippen MR) is 109 cm³/mol. The van der Waals surface area contributed by atoms with Crippen LogP contribution in [0.1, 0.15) is 5.56 Å². The number of anilines is 1. The number of nitrogens with one attached hydrogen (secondary N) is 1. The van der Waals surface area contributed by atoms with Gasteiger partial charge in [0.25, 0.3) is 5.56 Å². The van der Waals surface area contributed by atoms with Crippen LogP contribution in [-0.2, 0) is 11.3 Å². The first-order chi connectivity index (χ1) is 14.0. The van der Waals surface area contributed by atoms with Crippen LogP contribution in [0.3, 0.4) is 0 Å². The molecule has 4 aromatic rings. The molecule has 0 radical (unpaired) electrons. The summed E-state index contributed by atoms with van der Waals surface area (Å²) < 4.78 is 7.69. The number of benzene rings is 2. The second kappa shape index (κ2) is 7.59. The third-order valence-corrected chi connectivity index (χ3v) is 4.50. The van der Waals surface area contributed by atoms with Crippen molar-refractivity contribution in [3.8, 4) is 17.0 Å². The minimum atomic E-state index is -0.390. The van der Waals surface area contributed by atoms with Gasteiger partial charge in [-0.05, 0) is 49.4 Å². The number of hydrogen-bond donors (Lipinski definition) is 1. The highest BCUT2D eigenvalue weighted by atomic mass is 16.5. The number of amides is 1. The highest BCUT2D eigenvalue weighted by Gasteiger charge is 2.12. The second-order valence-electron chi connectivity index (χ2n) is 6.60. The van der Waals surface area contributed by atoms with Crippen molar-refractivity contribution in [2.75, 3.05) is 12.4 Å². The molecule has 1 N–H and O–H groups in total. The summed E-state index contributed by atoms with van der Waals surface area (Å²) in [6.07, 6.45) is 1.42. The molecule has 1 amide bonds. The van der Waals surface area contributed by atoms with Crippen molar-refractivity contribution in [3.63, 3.8) is 0 Å². The molecular weight excluding hydrogens is 370 g/mol. The average Bonchev–Trinajstić information content (AvgIpc) is 3.17. The van der Waals surface area contributed by atoms with Gasteiger partial charge < -0.3 is 10.1 Å². The highest BCUT2D eigenvalue weighted by molar-refractivity contribution is 5.90. The van der Waals surface area contributed by atoms with Gasteiger partial charge >= 0.3 is 0 Å². The standard InChI is InChI=1S/C21H19N5O3/c1-14-3-7-16(8-4-14)23-20(27)12-25-21(28)19-11-18(24-26(19)13-22-25)15-5-9-17(29-2)10-6-15/h3-11,13H,12H2,1-2H3,(H,23,27). The van der Waals surface area contributed by atoms with Gasteiger partial charge in [0.1, 0.15) is 24.1 Å². The zero-order valence-corrected chi connectivity index (χ0v) is 16.0. The fourth-order valence-electron chi connectivity index (χ4n) is 2.93. The molecular formula is C21H19N5O3. The van der Waals surface area contributed by atoms with E-state index in [1.165, 1.54) is 10.8 Å². The smallest absolute Gasteiger partial charge is 0.293 e. The van der Waals surface area contributed by atoms with Crippen LogP contribution in [0, 0.1) is 6.92 Å². The van der Waals surface area contributed by atoms with Gasteiger partial charge in [-0.25, -0.2) is 9.20 Å². The summed E-state index contributed by atoms with van der Waals surface area (Å²) in [5, 5.41) is 11.2. The molecule has 0 bridgehead atoms. The largest absolute Gasteiger partial charge is 0.497 e. The molecule has 2 aromatic heterocycles. The molecule has 0 unspecified atom stereocenters. The molecule has 2 heterocycles. The Kier molecular flexibility index (Phi) is 4.82. The van der Waals surface area contributed by atoms with Crippen LogP contribution in [0.5, 0.6) is 5.75 Å². The van der Waals surface area contributed by atoms with E-state index in [1.807, 2.05) is 55.5 Å². The summed E-state index contributed by atoms with van der Waals surface area (Å²) >= 11 is 0. The maximum Gasteiger partial charge on any atom is 0.293 e. The van der Waals surface area contributed by atoms with Crippen molar-refractivity contribution in [1.29, 1.82) is 0 Å². The Bertz CT molecular complexity index is 1220. The van der Waals surface area contributed by atoms with E-state index in [0.717, 1.165) is 21.6 Å². The number of nitrogens with zero attached hydrogens (tertiary/aromatic N) is 4. The van der Waals surface area contributed by atoms with Gasteiger partial charge in [-0.1, -0.05) is 17.7 Å². The SMILES string of the molecule is COc1ccc(-c2cc3c(=O)n(CC(=O)Nc4ccc(C)cc4)ncn3n2)cc1. The Morgan fingerprint density at radius 3 is 2.52 bits per heavy atom. The number of methoxy groups -OCH3 is 1. The molecule has 0 aliphatic rings. The van der Waals surface area contributed by atoms with Crippen molar-refractivity contribution in [3.05, 3.63) is 76.8 Å². The number of carbonyl (C=O) groups excluding carboxylic acids is 1. The molecule has 8 nitrogen and oxygen atoms in total. The zero-order valence-electron chi connectivity index (χ0n) is 16.0. The Morgan fingerprint density at radius 1 is 1.10 bits per heavy atom. The molecule has 4 rings (SSSR count). The van der Waals surface area contributed by atoms with E-state index in [9.17, 15) is 9.59 Å². The summed E-state index contributed by atoms with van der Waals surface area (Å²) in [5.74, 6) is 0.406. The highest BCUT2D eigenvalue weighted by Crippen LogP contribution is 2.21. The number of aromatic nitrogens is 4. The lowest BCUT2D eigenvalue weighted by Gasteiger charge is -2.07. The molecule has 0 saturated heterocycles. The van der Waals surface area contributed by atoms with Crippen LogP contribution in [0.2, 0.25) is 0 Å². The van der Waals surface area contributed by atoms with Gasteiger partial charge in [0.05, 0.1) is 12.8 Å². The van der Waals surface area contributed by atoms with Gasteiger partial charge in [0.2, 0.25) is 5.91 Å². The fraction of sp³-hybridized carbons (Fsp3) is 0.143. The molecule has 0 spiro atoms. The van der Waals surface area contributed by atoms with Crippen LogP contribution in [0.4, 0.5) is 5.69 Å². The van der Waals surface area contributed by atoms with E-state index in [1.54, 1.807) is 13.2 Å². The van der Waals surface area contributed by atoms with Crippen molar-refractivity contribution in [2.45, 2.75) is 13.5 Å². The summed E-state index contributed by atoms with van der Waals surface area (Å²) in [4.78, 5) is 25.0. The topological polar surface area (TPSA) is 90.5 Å². The van der Waals surface area contributed by atoms with Crippen molar-refractivity contribution >= 4 is 17.1 Å². The van der Waals surface area contributed by atoms with Crippen LogP contribution >= 0.6 is 0 Å². The number of rotatable bonds is 5. The third kappa shape index (κ3) is 3.86. The van der Waals surface area contributed by atoms with E-state index >= 15 is 0 Å². The lowest BCUT2D eigenvalue weighted by atomic mass is 10.1. The number of ether oxygens (including phenoxy) is 1. The minimum Gasteiger partial charge on any atom is -0.497 e. The Labute approximate surface area is 166 Å². The van der Waals surface area contributed by atoms with Gasteiger partial charge in [0, 0.05) is 11.3 Å². The first kappa shape index (κ1) is 18.4. The van der Waals surface area contributed by atoms with Gasteiger partial charge in [0.15, 0.2) is 0 Å². The van der Waals surface area contributed by atoms with Crippen molar-refractivity contribution in [2.24, 2.45) is 0 Å². The molecule has 0 fully saturated rings. The van der Waals surface area contributed by atoms with Crippen LogP contribution in [-0.4, -0.2) is 32.4 Å².